The van der Waals surface area contributed by atoms with Crippen LogP contribution >= 0.6 is 0 Å². The number of aromatic nitrogens is 2. The summed E-state index contributed by atoms with van der Waals surface area (Å²) in [6.07, 6.45) is 7.75. The van der Waals surface area contributed by atoms with Crippen LogP contribution in [0.4, 0.5) is 5.82 Å². The highest BCUT2D eigenvalue weighted by molar-refractivity contribution is 6.39. The number of anilines is 1. The van der Waals surface area contributed by atoms with Gasteiger partial charge >= 0.3 is 11.8 Å². The number of carbonyl (C=O) groups excluding carboxylic acids is 2. The fraction of sp³-hybridized carbons (Fsp3) is 0.706. The molecule has 2 aliphatic rings. The van der Waals surface area contributed by atoms with Crippen molar-refractivity contribution in [1.29, 1.82) is 0 Å². The first kappa shape index (κ1) is 17.0. The third-order valence-corrected chi connectivity index (χ3v) is 5.27. The molecule has 1 aromatic heterocycles. The average molecular weight is 334 g/mol. The highest BCUT2D eigenvalue weighted by Crippen LogP contribution is 2.40. The van der Waals surface area contributed by atoms with Crippen molar-refractivity contribution >= 4 is 17.6 Å². The third kappa shape index (κ3) is 3.77. The van der Waals surface area contributed by atoms with E-state index in [-0.39, 0.29) is 24.6 Å². The molecule has 2 fully saturated rings. The van der Waals surface area contributed by atoms with Gasteiger partial charge in [0, 0.05) is 24.6 Å². The second-order valence-corrected chi connectivity index (χ2v) is 7.00. The SMILES string of the molecule is C[C@H](C1CC1)n1nccc1NC(=O)C(=O)N[C@@H]1CCCC[C@H]1CO. The van der Waals surface area contributed by atoms with Crippen LogP contribution in [0.3, 0.4) is 0 Å². The molecule has 1 aromatic rings. The van der Waals surface area contributed by atoms with Crippen molar-refractivity contribution in [1.82, 2.24) is 15.1 Å². The van der Waals surface area contributed by atoms with E-state index in [2.05, 4.69) is 22.7 Å². The average Bonchev–Trinajstić information content (AvgIpc) is 3.34. The summed E-state index contributed by atoms with van der Waals surface area (Å²) in [6, 6.07) is 1.80. The van der Waals surface area contributed by atoms with Crippen LogP contribution in [0, 0.1) is 11.8 Å². The van der Waals surface area contributed by atoms with Gasteiger partial charge in [0.25, 0.3) is 0 Å². The molecule has 0 aliphatic heterocycles. The predicted octanol–water partition coefficient (Wildman–Crippen LogP) is 1.46. The number of nitrogens with one attached hydrogen (secondary N) is 2. The van der Waals surface area contributed by atoms with Crippen molar-refractivity contribution in [3.63, 3.8) is 0 Å². The van der Waals surface area contributed by atoms with Crippen molar-refractivity contribution in [2.45, 2.75) is 57.5 Å². The molecular formula is C17H26N4O3. The van der Waals surface area contributed by atoms with Gasteiger partial charge in [-0.1, -0.05) is 12.8 Å². The normalized spacial score (nSPS) is 25.1. The van der Waals surface area contributed by atoms with Crippen LogP contribution in [0.1, 0.15) is 51.5 Å². The van der Waals surface area contributed by atoms with E-state index in [0.29, 0.717) is 11.7 Å². The zero-order valence-electron chi connectivity index (χ0n) is 14.1. The predicted molar refractivity (Wildman–Crippen MR) is 89.3 cm³/mol. The molecule has 0 saturated heterocycles. The molecule has 2 amide bonds. The highest BCUT2D eigenvalue weighted by Gasteiger charge is 2.32. The second kappa shape index (κ2) is 7.34. The Morgan fingerprint density at radius 1 is 1.29 bits per heavy atom. The quantitative estimate of drug-likeness (QED) is 0.710. The molecule has 0 unspecified atom stereocenters. The van der Waals surface area contributed by atoms with Gasteiger partial charge in [-0.15, -0.1) is 0 Å². The maximum absolute atomic E-state index is 12.2. The monoisotopic (exact) mass is 334 g/mol. The number of hydrogen-bond donors (Lipinski definition) is 3. The van der Waals surface area contributed by atoms with E-state index in [1.807, 2.05) is 0 Å². The Morgan fingerprint density at radius 3 is 2.75 bits per heavy atom. The number of carbonyl (C=O) groups is 2. The summed E-state index contributed by atoms with van der Waals surface area (Å²) in [7, 11) is 0. The third-order valence-electron chi connectivity index (χ3n) is 5.27. The summed E-state index contributed by atoms with van der Waals surface area (Å²) >= 11 is 0. The van der Waals surface area contributed by atoms with Crippen LogP contribution in [-0.2, 0) is 9.59 Å². The van der Waals surface area contributed by atoms with Gasteiger partial charge in [0.15, 0.2) is 0 Å². The van der Waals surface area contributed by atoms with Gasteiger partial charge in [0.1, 0.15) is 5.82 Å². The van der Waals surface area contributed by atoms with Gasteiger partial charge in [0.2, 0.25) is 0 Å². The molecule has 2 saturated carbocycles. The molecule has 24 heavy (non-hydrogen) atoms. The van der Waals surface area contributed by atoms with Crippen molar-refractivity contribution < 1.29 is 14.7 Å². The Balaban J connectivity index is 1.58. The van der Waals surface area contributed by atoms with E-state index in [4.69, 9.17) is 0 Å². The highest BCUT2D eigenvalue weighted by atomic mass is 16.3. The summed E-state index contributed by atoms with van der Waals surface area (Å²) in [5.41, 5.74) is 0. The molecular weight excluding hydrogens is 308 g/mol. The van der Waals surface area contributed by atoms with Crippen LogP contribution in [0.25, 0.3) is 0 Å². The Kier molecular flexibility index (Phi) is 5.18. The Labute approximate surface area is 141 Å². The molecule has 3 N–H and O–H groups in total. The lowest BCUT2D eigenvalue weighted by Crippen LogP contribution is -2.47. The summed E-state index contributed by atoms with van der Waals surface area (Å²) in [5, 5.41) is 19.1. The maximum atomic E-state index is 12.2. The summed E-state index contributed by atoms with van der Waals surface area (Å²) in [6.45, 7) is 2.12. The smallest absolute Gasteiger partial charge is 0.314 e. The Hall–Kier alpha value is -1.89. The largest absolute Gasteiger partial charge is 0.396 e. The minimum absolute atomic E-state index is 0.0379. The molecule has 3 atom stereocenters. The first-order valence-electron chi connectivity index (χ1n) is 8.86. The number of amides is 2. The summed E-state index contributed by atoms with van der Waals surface area (Å²) in [5.74, 6) is -0.135. The zero-order chi connectivity index (χ0) is 17.1. The van der Waals surface area contributed by atoms with Gasteiger partial charge < -0.3 is 15.7 Å². The van der Waals surface area contributed by atoms with E-state index >= 15 is 0 Å². The molecule has 2 aliphatic carbocycles. The van der Waals surface area contributed by atoms with Gasteiger partial charge in [-0.05, 0) is 38.5 Å². The van der Waals surface area contributed by atoms with Crippen molar-refractivity contribution in [3.8, 4) is 0 Å². The fourth-order valence-electron chi connectivity index (χ4n) is 3.54. The summed E-state index contributed by atoms with van der Waals surface area (Å²) < 4.78 is 1.78. The number of rotatable bonds is 5. The topological polar surface area (TPSA) is 96.2 Å². The van der Waals surface area contributed by atoms with Crippen molar-refractivity contribution in [2.24, 2.45) is 11.8 Å². The van der Waals surface area contributed by atoms with E-state index < -0.39 is 11.8 Å². The van der Waals surface area contributed by atoms with Gasteiger partial charge in [-0.25, -0.2) is 4.68 Å². The Morgan fingerprint density at radius 2 is 2.04 bits per heavy atom. The molecule has 0 spiro atoms. The molecule has 7 nitrogen and oxygen atoms in total. The number of hydrogen-bond acceptors (Lipinski definition) is 4. The van der Waals surface area contributed by atoms with Crippen LogP contribution in [0.15, 0.2) is 12.3 Å². The minimum atomic E-state index is -0.679. The van der Waals surface area contributed by atoms with Crippen LogP contribution in [0.2, 0.25) is 0 Å². The molecule has 0 radical (unpaired) electrons. The van der Waals surface area contributed by atoms with Crippen LogP contribution in [-0.4, -0.2) is 39.4 Å². The van der Waals surface area contributed by atoms with Crippen LogP contribution in [0.5, 0.6) is 0 Å². The first-order valence-corrected chi connectivity index (χ1v) is 8.86. The first-order chi connectivity index (χ1) is 11.6. The van der Waals surface area contributed by atoms with Crippen molar-refractivity contribution in [3.05, 3.63) is 12.3 Å². The minimum Gasteiger partial charge on any atom is -0.396 e. The van der Waals surface area contributed by atoms with E-state index in [1.54, 1.807) is 16.9 Å². The second-order valence-electron chi connectivity index (χ2n) is 7.00. The molecule has 0 aromatic carbocycles. The van der Waals surface area contributed by atoms with Crippen LogP contribution < -0.4 is 10.6 Å². The van der Waals surface area contributed by atoms with Crippen molar-refractivity contribution in [2.75, 3.05) is 11.9 Å². The van der Waals surface area contributed by atoms with E-state index in [0.717, 1.165) is 25.7 Å². The lowest BCUT2D eigenvalue weighted by atomic mass is 9.85. The number of nitrogens with zero attached hydrogens (tertiary/aromatic N) is 2. The zero-order valence-corrected chi connectivity index (χ0v) is 14.1. The van der Waals surface area contributed by atoms with Gasteiger partial charge in [-0.3, -0.25) is 9.59 Å². The van der Waals surface area contributed by atoms with E-state index in [9.17, 15) is 14.7 Å². The summed E-state index contributed by atoms with van der Waals surface area (Å²) in [4.78, 5) is 24.4. The number of aliphatic hydroxyl groups excluding tert-OH is 1. The maximum Gasteiger partial charge on any atom is 0.314 e. The van der Waals surface area contributed by atoms with Gasteiger partial charge in [0.05, 0.1) is 12.2 Å². The number of aliphatic hydroxyl groups is 1. The standard InChI is InChI=1S/C17H26N4O3/c1-11(12-6-7-12)21-15(8-9-18-21)20-17(24)16(23)19-14-5-3-2-4-13(14)10-22/h8-9,11-14,22H,2-7,10H2,1H3,(H,19,23)(H,20,24)/t11-,13+,14-/m1/s1. The molecule has 7 heteroatoms. The Bertz CT molecular complexity index is 596. The molecule has 0 bridgehead atoms. The fourth-order valence-corrected chi connectivity index (χ4v) is 3.54. The van der Waals surface area contributed by atoms with Gasteiger partial charge in [-0.2, -0.15) is 5.10 Å². The molecule has 3 rings (SSSR count). The lowest BCUT2D eigenvalue weighted by molar-refractivity contribution is -0.137. The van der Waals surface area contributed by atoms with E-state index in [1.165, 1.54) is 12.8 Å². The lowest BCUT2D eigenvalue weighted by Gasteiger charge is -2.30. The molecule has 132 valence electrons. The molecule has 1 heterocycles.